The molecule has 2 unspecified atom stereocenters. The minimum absolute atomic E-state index is 0.0300. The van der Waals surface area contributed by atoms with Gasteiger partial charge in [-0.3, -0.25) is 4.79 Å². The molecule has 0 spiro atoms. The summed E-state index contributed by atoms with van der Waals surface area (Å²) >= 11 is 0. The zero-order chi connectivity index (χ0) is 13.5. The number of carbonyl (C=O) groups is 1. The second kappa shape index (κ2) is 7.29. The highest BCUT2D eigenvalue weighted by atomic mass is 16.5. The number of hydrogen-bond donors (Lipinski definition) is 1. The number of ether oxygens (including phenoxy) is 1. The lowest BCUT2D eigenvalue weighted by molar-refractivity contribution is -0.151. The second-order valence-electron chi connectivity index (χ2n) is 5.48. The molecule has 1 aliphatic heterocycles. The first-order valence-corrected chi connectivity index (χ1v) is 7.17. The molecule has 0 bridgehead atoms. The van der Waals surface area contributed by atoms with E-state index in [0.29, 0.717) is 12.5 Å². The number of hydrogen-bond acceptors (Lipinski definition) is 3. The predicted octanol–water partition coefficient (Wildman–Crippen LogP) is 2.76. The molecule has 104 valence electrons. The molecule has 1 aromatic carbocycles. The molecule has 0 saturated carbocycles. The van der Waals surface area contributed by atoms with Gasteiger partial charge in [0.1, 0.15) is 6.61 Å². The number of rotatable bonds is 3. The Bertz CT molecular complexity index is 391. The molecule has 1 heterocycles. The topological polar surface area (TPSA) is 38.3 Å². The zero-order valence-electron chi connectivity index (χ0n) is 11.6. The van der Waals surface area contributed by atoms with E-state index in [-0.39, 0.29) is 11.9 Å². The highest BCUT2D eigenvalue weighted by Crippen LogP contribution is 2.21. The van der Waals surface area contributed by atoms with Crippen LogP contribution in [0.15, 0.2) is 30.3 Å². The molecule has 2 atom stereocenters. The van der Waals surface area contributed by atoms with Gasteiger partial charge >= 0.3 is 5.97 Å². The van der Waals surface area contributed by atoms with Crippen molar-refractivity contribution in [3.8, 4) is 0 Å². The van der Waals surface area contributed by atoms with E-state index in [1.807, 2.05) is 30.3 Å². The Hall–Kier alpha value is -1.35. The Morgan fingerprint density at radius 1 is 1.37 bits per heavy atom. The molecule has 1 aliphatic rings. The van der Waals surface area contributed by atoms with E-state index in [0.717, 1.165) is 37.9 Å². The van der Waals surface area contributed by atoms with E-state index in [9.17, 15) is 4.79 Å². The summed E-state index contributed by atoms with van der Waals surface area (Å²) in [6.45, 7) is 4.59. The molecule has 3 nitrogen and oxygen atoms in total. The van der Waals surface area contributed by atoms with Crippen LogP contribution in [0.5, 0.6) is 0 Å². The van der Waals surface area contributed by atoms with E-state index in [2.05, 4.69) is 12.2 Å². The smallest absolute Gasteiger partial charge is 0.309 e. The molecule has 0 radical (unpaired) electrons. The SMILES string of the molecule is CC1CNCCCC(C(=O)OCc2ccccc2)C1. The number of esters is 1. The van der Waals surface area contributed by atoms with E-state index in [4.69, 9.17) is 4.74 Å². The first-order valence-electron chi connectivity index (χ1n) is 7.17. The highest BCUT2D eigenvalue weighted by molar-refractivity contribution is 5.72. The van der Waals surface area contributed by atoms with Gasteiger partial charge in [-0.15, -0.1) is 0 Å². The van der Waals surface area contributed by atoms with Gasteiger partial charge in [-0.25, -0.2) is 0 Å². The van der Waals surface area contributed by atoms with Gasteiger partial charge in [0.05, 0.1) is 5.92 Å². The summed E-state index contributed by atoms with van der Waals surface area (Å²) in [5.41, 5.74) is 1.05. The third-order valence-electron chi connectivity index (χ3n) is 3.64. The van der Waals surface area contributed by atoms with Gasteiger partial charge in [0.2, 0.25) is 0 Å². The number of benzene rings is 1. The van der Waals surface area contributed by atoms with Gasteiger partial charge in [0.15, 0.2) is 0 Å². The maximum atomic E-state index is 12.1. The van der Waals surface area contributed by atoms with Crippen molar-refractivity contribution >= 4 is 5.97 Å². The third kappa shape index (κ3) is 4.67. The fourth-order valence-corrected chi connectivity index (χ4v) is 2.57. The molecule has 0 amide bonds. The van der Waals surface area contributed by atoms with Crippen molar-refractivity contribution in [2.75, 3.05) is 13.1 Å². The van der Waals surface area contributed by atoms with E-state index >= 15 is 0 Å². The lowest BCUT2D eigenvalue weighted by atomic mass is 9.90. The maximum Gasteiger partial charge on any atom is 0.309 e. The fraction of sp³-hybridized carbons (Fsp3) is 0.562. The zero-order valence-corrected chi connectivity index (χ0v) is 11.6. The van der Waals surface area contributed by atoms with E-state index < -0.39 is 0 Å². The molecule has 0 aromatic heterocycles. The summed E-state index contributed by atoms with van der Waals surface area (Å²) in [5, 5.41) is 3.40. The molecule has 1 saturated heterocycles. The normalized spacial score (nSPS) is 24.3. The van der Waals surface area contributed by atoms with Crippen LogP contribution in [-0.4, -0.2) is 19.1 Å². The molecule has 2 rings (SSSR count). The molecule has 1 fully saturated rings. The van der Waals surface area contributed by atoms with Crippen molar-refractivity contribution in [2.45, 2.75) is 32.8 Å². The summed E-state index contributed by atoms with van der Waals surface area (Å²) in [5.74, 6) is 0.577. The standard InChI is InChI=1S/C16H23NO2/c1-13-10-15(8-5-9-17-11-13)16(18)19-12-14-6-3-2-4-7-14/h2-4,6-7,13,15,17H,5,8-12H2,1H3. The summed E-state index contributed by atoms with van der Waals surface area (Å²) in [6.07, 6.45) is 2.92. The molecule has 0 aliphatic carbocycles. The first-order chi connectivity index (χ1) is 9.25. The lowest BCUT2D eigenvalue weighted by Gasteiger charge is -2.23. The van der Waals surface area contributed by atoms with Crippen molar-refractivity contribution in [3.63, 3.8) is 0 Å². The van der Waals surface area contributed by atoms with E-state index in [1.54, 1.807) is 0 Å². The lowest BCUT2D eigenvalue weighted by Crippen LogP contribution is -2.30. The molecular formula is C16H23NO2. The van der Waals surface area contributed by atoms with Crippen LogP contribution in [0.4, 0.5) is 0 Å². The van der Waals surface area contributed by atoms with Crippen molar-refractivity contribution in [1.82, 2.24) is 5.32 Å². The molecule has 1 N–H and O–H groups in total. The van der Waals surface area contributed by atoms with Crippen LogP contribution in [0.2, 0.25) is 0 Å². The summed E-state index contributed by atoms with van der Waals surface area (Å²) in [4.78, 5) is 12.1. The summed E-state index contributed by atoms with van der Waals surface area (Å²) in [6, 6.07) is 9.87. The van der Waals surface area contributed by atoms with Gasteiger partial charge in [-0.2, -0.15) is 0 Å². The minimum atomic E-state index is -0.0300. The third-order valence-corrected chi connectivity index (χ3v) is 3.64. The Balaban J connectivity index is 1.84. The van der Waals surface area contributed by atoms with Gasteiger partial charge in [0.25, 0.3) is 0 Å². The van der Waals surface area contributed by atoms with Crippen molar-refractivity contribution in [3.05, 3.63) is 35.9 Å². The van der Waals surface area contributed by atoms with Crippen LogP contribution in [0.25, 0.3) is 0 Å². The van der Waals surface area contributed by atoms with Crippen LogP contribution in [0.3, 0.4) is 0 Å². The minimum Gasteiger partial charge on any atom is -0.461 e. The Morgan fingerprint density at radius 2 is 2.16 bits per heavy atom. The van der Waals surface area contributed by atoms with Crippen LogP contribution in [0, 0.1) is 11.8 Å². The largest absolute Gasteiger partial charge is 0.461 e. The number of carbonyl (C=O) groups excluding carboxylic acids is 1. The summed E-state index contributed by atoms with van der Waals surface area (Å²) < 4.78 is 5.45. The Labute approximate surface area is 115 Å². The Kier molecular flexibility index (Phi) is 5.40. The molecule has 3 heteroatoms. The highest BCUT2D eigenvalue weighted by Gasteiger charge is 2.23. The van der Waals surface area contributed by atoms with Crippen molar-refractivity contribution < 1.29 is 9.53 Å². The van der Waals surface area contributed by atoms with Crippen LogP contribution < -0.4 is 5.32 Å². The van der Waals surface area contributed by atoms with Gasteiger partial charge in [-0.05, 0) is 43.8 Å². The summed E-state index contributed by atoms with van der Waals surface area (Å²) in [7, 11) is 0. The van der Waals surface area contributed by atoms with Gasteiger partial charge in [0, 0.05) is 0 Å². The quantitative estimate of drug-likeness (QED) is 0.850. The first kappa shape index (κ1) is 14.1. The van der Waals surface area contributed by atoms with Crippen LogP contribution in [0.1, 0.15) is 31.7 Å². The monoisotopic (exact) mass is 261 g/mol. The molecule has 19 heavy (non-hydrogen) atoms. The van der Waals surface area contributed by atoms with Gasteiger partial charge in [-0.1, -0.05) is 37.3 Å². The number of nitrogens with one attached hydrogen (secondary N) is 1. The average Bonchev–Trinajstić information content (AvgIpc) is 2.41. The molecule has 1 aromatic rings. The van der Waals surface area contributed by atoms with Crippen molar-refractivity contribution in [1.29, 1.82) is 0 Å². The van der Waals surface area contributed by atoms with Crippen LogP contribution in [-0.2, 0) is 16.1 Å². The van der Waals surface area contributed by atoms with Crippen molar-refractivity contribution in [2.24, 2.45) is 11.8 Å². The maximum absolute atomic E-state index is 12.1. The second-order valence-corrected chi connectivity index (χ2v) is 5.48. The average molecular weight is 261 g/mol. The van der Waals surface area contributed by atoms with Crippen LogP contribution >= 0.6 is 0 Å². The van der Waals surface area contributed by atoms with Gasteiger partial charge < -0.3 is 10.1 Å². The predicted molar refractivity (Wildman–Crippen MR) is 75.6 cm³/mol. The van der Waals surface area contributed by atoms with E-state index in [1.165, 1.54) is 0 Å². The Morgan fingerprint density at radius 3 is 2.95 bits per heavy atom. The fourth-order valence-electron chi connectivity index (χ4n) is 2.57. The molecular weight excluding hydrogens is 238 g/mol.